The van der Waals surface area contributed by atoms with Gasteiger partial charge in [-0.2, -0.15) is 33.1 Å². The summed E-state index contributed by atoms with van der Waals surface area (Å²) < 4.78 is 51.1. The molecule has 13 heteroatoms. The summed E-state index contributed by atoms with van der Waals surface area (Å²) >= 11 is 0. The fourth-order valence-corrected chi connectivity index (χ4v) is 4.11. The maximum atomic E-state index is 13.6. The van der Waals surface area contributed by atoms with E-state index in [4.69, 9.17) is 9.26 Å². The number of rotatable bonds is 6. The Morgan fingerprint density at radius 2 is 2.00 bits per heavy atom. The summed E-state index contributed by atoms with van der Waals surface area (Å²) in [5.41, 5.74) is -0.419. The Hall–Kier alpha value is -4.29. The average molecular weight is 499 g/mol. The fraction of sp³-hybridized carbons (Fsp3) is 0.304. The van der Waals surface area contributed by atoms with Crippen LogP contribution in [-0.4, -0.2) is 54.1 Å². The third-order valence-electron chi connectivity index (χ3n) is 5.72. The van der Waals surface area contributed by atoms with Crippen LogP contribution in [0.25, 0.3) is 17.1 Å². The molecule has 0 radical (unpaired) electrons. The van der Waals surface area contributed by atoms with E-state index in [0.29, 0.717) is 37.4 Å². The molecule has 0 spiro atoms. The van der Waals surface area contributed by atoms with E-state index < -0.39 is 23.7 Å². The van der Waals surface area contributed by atoms with Crippen LogP contribution in [-0.2, 0) is 6.18 Å². The summed E-state index contributed by atoms with van der Waals surface area (Å²) in [6.07, 6.45) is 0.843. The van der Waals surface area contributed by atoms with Gasteiger partial charge >= 0.3 is 6.18 Å². The molecule has 0 aliphatic carbocycles. The maximum Gasteiger partial charge on any atom is 0.416 e. The van der Waals surface area contributed by atoms with Crippen molar-refractivity contribution in [3.05, 3.63) is 65.9 Å². The van der Waals surface area contributed by atoms with E-state index in [-0.39, 0.29) is 23.0 Å². The van der Waals surface area contributed by atoms with Gasteiger partial charge in [0.2, 0.25) is 17.6 Å². The second kappa shape index (κ2) is 9.40. The number of ether oxygens (including phenoxy) is 1. The van der Waals surface area contributed by atoms with Gasteiger partial charge in [-0.05, 0) is 50.1 Å². The van der Waals surface area contributed by atoms with Crippen LogP contribution >= 0.6 is 0 Å². The fourth-order valence-electron chi connectivity index (χ4n) is 4.11. The minimum atomic E-state index is -4.59. The zero-order valence-electron chi connectivity index (χ0n) is 19.0. The number of carbonyl (C=O) groups excluding carboxylic acids is 1. The molecule has 4 aromatic rings. The number of aromatic nitrogens is 6. The summed E-state index contributed by atoms with van der Waals surface area (Å²) in [6, 6.07) is 5.79. The Morgan fingerprint density at radius 1 is 1.19 bits per heavy atom. The van der Waals surface area contributed by atoms with Crippen molar-refractivity contribution >= 4 is 5.91 Å². The normalized spacial score (nSPS) is 15.9. The zero-order valence-corrected chi connectivity index (χ0v) is 19.0. The number of benzene rings is 1. The van der Waals surface area contributed by atoms with Crippen LogP contribution in [0.4, 0.5) is 13.2 Å². The lowest BCUT2D eigenvalue weighted by atomic mass is 10.1. The van der Waals surface area contributed by atoms with E-state index in [1.165, 1.54) is 17.3 Å². The number of alkyl halides is 3. The Bertz CT molecular complexity index is 1370. The summed E-state index contributed by atoms with van der Waals surface area (Å²) in [7, 11) is 0. The van der Waals surface area contributed by atoms with E-state index >= 15 is 0 Å². The molecule has 1 unspecified atom stereocenters. The van der Waals surface area contributed by atoms with Crippen LogP contribution < -0.4 is 4.74 Å². The topological polar surface area (TPSA) is 112 Å². The van der Waals surface area contributed by atoms with Crippen LogP contribution in [0.3, 0.4) is 0 Å². The van der Waals surface area contributed by atoms with Gasteiger partial charge in [-0.1, -0.05) is 5.16 Å². The molecular formula is C23H20F3N7O3. The molecule has 1 aliphatic heterocycles. The lowest BCUT2D eigenvalue weighted by Gasteiger charge is -2.23. The van der Waals surface area contributed by atoms with Crippen LogP contribution in [0.15, 0.2) is 53.4 Å². The molecule has 0 bridgehead atoms. The highest BCUT2D eigenvalue weighted by Crippen LogP contribution is 2.36. The van der Waals surface area contributed by atoms with Crippen LogP contribution in [0, 0.1) is 0 Å². The summed E-state index contributed by atoms with van der Waals surface area (Å²) in [5, 5.41) is 11.9. The molecule has 1 aromatic carbocycles. The van der Waals surface area contributed by atoms with Gasteiger partial charge < -0.3 is 14.2 Å². The Labute approximate surface area is 202 Å². The third kappa shape index (κ3) is 4.39. The first-order valence-corrected chi connectivity index (χ1v) is 11.2. The molecule has 186 valence electrons. The van der Waals surface area contributed by atoms with E-state index in [0.717, 1.165) is 23.0 Å². The molecule has 36 heavy (non-hydrogen) atoms. The van der Waals surface area contributed by atoms with E-state index in [1.54, 1.807) is 18.3 Å². The molecule has 0 N–H and O–H groups in total. The van der Waals surface area contributed by atoms with Crippen LogP contribution in [0.1, 0.15) is 47.6 Å². The maximum absolute atomic E-state index is 13.6. The Morgan fingerprint density at radius 3 is 2.75 bits per heavy atom. The number of halogens is 3. The SMILES string of the molecule is CCOc1ncccc1-c1noc(C2CCCN2C(=O)c2ccc(C(F)(F)F)cc2-n2nccn2)n1. The molecule has 5 rings (SSSR count). The Balaban J connectivity index is 1.47. The summed E-state index contributed by atoms with van der Waals surface area (Å²) in [5.74, 6) is 0.340. The van der Waals surface area contributed by atoms with Gasteiger partial charge in [0.05, 0.1) is 41.4 Å². The van der Waals surface area contributed by atoms with Crippen molar-refractivity contribution in [3.63, 3.8) is 0 Å². The van der Waals surface area contributed by atoms with E-state index in [2.05, 4.69) is 25.3 Å². The van der Waals surface area contributed by atoms with Gasteiger partial charge in [-0.3, -0.25) is 4.79 Å². The molecule has 1 atom stereocenters. The van der Waals surface area contributed by atoms with Crippen LogP contribution in [0.2, 0.25) is 0 Å². The van der Waals surface area contributed by atoms with Gasteiger partial charge in [0, 0.05) is 12.7 Å². The van der Waals surface area contributed by atoms with Gasteiger partial charge in [-0.15, -0.1) is 0 Å². The molecular weight excluding hydrogens is 479 g/mol. The lowest BCUT2D eigenvalue weighted by molar-refractivity contribution is -0.137. The second-order valence-corrected chi connectivity index (χ2v) is 7.95. The minimum absolute atomic E-state index is 0.0248. The number of likely N-dealkylation sites (tertiary alicyclic amines) is 1. The number of hydrogen-bond acceptors (Lipinski definition) is 8. The first kappa shape index (κ1) is 23.5. The number of amides is 1. The number of hydrogen-bond donors (Lipinski definition) is 0. The monoisotopic (exact) mass is 499 g/mol. The second-order valence-electron chi connectivity index (χ2n) is 7.95. The molecule has 1 amide bonds. The highest BCUT2D eigenvalue weighted by Gasteiger charge is 2.37. The zero-order chi connectivity index (χ0) is 25.3. The van der Waals surface area contributed by atoms with Crippen molar-refractivity contribution in [1.29, 1.82) is 0 Å². The van der Waals surface area contributed by atoms with Crippen molar-refractivity contribution in [3.8, 4) is 23.0 Å². The number of carbonyl (C=O) groups is 1. The number of pyridine rings is 1. The van der Waals surface area contributed by atoms with E-state index in [9.17, 15) is 18.0 Å². The molecule has 1 aliphatic rings. The average Bonchev–Trinajstić information content (AvgIpc) is 3.65. The highest BCUT2D eigenvalue weighted by molar-refractivity contribution is 5.98. The van der Waals surface area contributed by atoms with Crippen molar-refractivity contribution in [2.45, 2.75) is 32.0 Å². The highest BCUT2D eigenvalue weighted by atomic mass is 19.4. The number of nitrogens with zero attached hydrogens (tertiary/aromatic N) is 7. The van der Waals surface area contributed by atoms with Gasteiger partial charge in [0.15, 0.2) is 0 Å². The quantitative estimate of drug-likeness (QED) is 0.390. The summed E-state index contributed by atoms with van der Waals surface area (Å²) in [4.78, 5) is 24.8. The van der Waals surface area contributed by atoms with Gasteiger partial charge in [0.1, 0.15) is 6.04 Å². The van der Waals surface area contributed by atoms with Crippen molar-refractivity contribution < 1.29 is 27.2 Å². The first-order valence-electron chi connectivity index (χ1n) is 11.2. The molecule has 10 nitrogen and oxygen atoms in total. The molecule has 1 fully saturated rings. The van der Waals surface area contributed by atoms with Gasteiger partial charge in [-0.25, -0.2) is 4.98 Å². The largest absolute Gasteiger partial charge is 0.477 e. The first-order chi connectivity index (χ1) is 17.4. The molecule has 3 aromatic heterocycles. The standard InChI is InChI=1S/C23H20F3N7O3/c1-2-35-20-16(5-3-9-27-20)19-30-21(36-31-19)17-6-4-12-32(17)22(34)15-8-7-14(23(24,25)26)13-18(15)33-28-10-11-29-33/h3,5,7-11,13,17H,2,4,6,12H2,1H3. The van der Waals surface area contributed by atoms with Gasteiger partial charge in [0.25, 0.3) is 5.91 Å². The molecule has 1 saturated heterocycles. The third-order valence-corrected chi connectivity index (χ3v) is 5.72. The van der Waals surface area contributed by atoms with Crippen molar-refractivity contribution in [2.24, 2.45) is 0 Å². The van der Waals surface area contributed by atoms with Crippen molar-refractivity contribution in [2.75, 3.05) is 13.2 Å². The van der Waals surface area contributed by atoms with Crippen LogP contribution in [0.5, 0.6) is 5.88 Å². The smallest absolute Gasteiger partial charge is 0.416 e. The minimum Gasteiger partial charge on any atom is -0.477 e. The van der Waals surface area contributed by atoms with E-state index in [1.807, 2.05) is 6.92 Å². The molecule has 0 saturated carbocycles. The Kier molecular flexibility index (Phi) is 6.12. The molecule has 4 heterocycles. The predicted octanol–water partition coefficient (Wildman–Crippen LogP) is 4.11. The van der Waals surface area contributed by atoms with Crippen molar-refractivity contribution in [1.82, 2.24) is 35.0 Å². The summed E-state index contributed by atoms with van der Waals surface area (Å²) in [6.45, 7) is 2.60. The lowest BCUT2D eigenvalue weighted by Crippen LogP contribution is -2.32. The predicted molar refractivity (Wildman–Crippen MR) is 118 cm³/mol.